The van der Waals surface area contributed by atoms with Gasteiger partial charge < -0.3 is 14.4 Å². The molecular formula is C14H17BrN2O2. The van der Waals surface area contributed by atoms with E-state index in [-0.39, 0.29) is 6.61 Å². The molecule has 1 N–H and O–H groups in total. The van der Waals surface area contributed by atoms with Crippen LogP contribution < -0.4 is 4.74 Å². The highest BCUT2D eigenvalue weighted by Crippen LogP contribution is 2.28. The predicted octanol–water partition coefficient (Wildman–Crippen LogP) is 3.05. The molecule has 4 nitrogen and oxygen atoms in total. The summed E-state index contributed by atoms with van der Waals surface area (Å²) in [6.07, 6.45) is 3.59. The molecule has 1 aromatic heterocycles. The normalized spacial score (nSPS) is 10.7. The second-order valence-corrected chi connectivity index (χ2v) is 5.24. The molecule has 5 heteroatoms. The predicted molar refractivity (Wildman–Crippen MR) is 77.0 cm³/mol. The number of hydrogen-bond acceptors (Lipinski definition) is 3. The van der Waals surface area contributed by atoms with Crippen LogP contribution in [0, 0.1) is 6.92 Å². The summed E-state index contributed by atoms with van der Waals surface area (Å²) in [5, 5.41) is 9.41. The van der Waals surface area contributed by atoms with Crippen molar-refractivity contribution in [3.63, 3.8) is 0 Å². The molecule has 19 heavy (non-hydrogen) atoms. The second kappa shape index (κ2) is 6.21. The number of nitrogens with zero attached hydrogens (tertiary/aromatic N) is 2. The largest absolute Gasteiger partial charge is 0.487 e. The second-order valence-electron chi connectivity index (χ2n) is 4.33. The smallest absolute Gasteiger partial charge is 0.130 e. The van der Waals surface area contributed by atoms with E-state index in [9.17, 15) is 5.11 Å². The highest BCUT2D eigenvalue weighted by molar-refractivity contribution is 9.10. The van der Waals surface area contributed by atoms with Crippen molar-refractivity contribution in [2.45, 2.75) is 33.6 Å². The molecule has 2 aromatic rings. The maximum atomic E-state index is 9.41. The molecule has 0 spiro atoms. The first-order valence-corrected chi connectivity index (χ1v) is 6.96. The summed E-state index contributed by atoms with van der Waals surface area (Å²) in [6.45, 7) is 5.31. The van der Waals surface area contributed by atoms with Crippen LogP contribution in [0.5, 0.6) is 5.75 Å². The average Bonchev–Trinajstić information content (AvgIpc) is 2.84. The fourth-order valence-corrected chi connectivity index (χ4v) is 2.64. The van der Waals surface area contributed by atoms with Crippen molar-refractivity contribution in [1.82, 2.24) is 9.55 Å². The van der Waals surface area contributed by atoms with Gasteiger partial charge in [-0.05, 0) is 31.5 Å². The molecule has 102 valence electrons. The number of hydrogen-bond donors (Lipinski definition) is 1. The van der Waals surface area contributed by atoms with Gasteiger partial charge in [-0.1, -0.05) is 15.9 Å². The lowest BCUT2D eigenvalue weighted by Crippen LogP contribution is -2.06. The molecule has 0 radical (unpaired) electrons. The molecule has 0 aliphatic carbocycles. The van der Waals surface area contributed by atoms with Crippen LogP contribution in [0.2, 0.25) is 0 Å². The summed E-state index contributed by atoms with van der Waals surface area (Å²) >= 11 is 3.42. The van der Waals surface area contributed by atoms with E-state index in [2.05, 4.69) is 27.8 Å². The van der Waals surface area contributed by atoms with Crippen molar-refractivity contribution in [2.75, 3.05) is 0 Å². The third kappa shape index (κ3) is 3.16. The topological polar surface area (TPSA) is 47.3 Å². The van der Waals surface area contributed by atoms with Crippen LogP contribution in [-0.2, 0) is 19.8 Å². The monoisotopic (exact) mass is 324 g/mol. The zero-order valence-electron chi connectivity index (χ0n) is 11.1. The Morgan fingerprint density at radius 3 is 2.89 bits per heavy atom. The van der Waals surface area contributed by atoms with Gasteiger partial charge in [-0.15, -0.1) is 0 Å². The van der Waals surface area contributed by atoms with E-state index in [1.807, 2.05) is 23.6 Å². The van der Waals surface area contributed by atoms with Crippen molar-refractivity contribution in [3.8, 4) is 5.75 Å². The molecule has 0 bridgehead atoms. The number of benzene rings is 1. The van der Waals surface area contributed by atoms with Gasteiger partial charge in [0.15, 0.2) is 0 Å². The van der Waals surface area contributed by atoms with Gasteiger partial charge in [-0.25, -0.2) is 4.98 Å². The van der Waals surface area contributed by atoms with E-state index >= 15 is 0 Å². The van der Waals surface area contributed by atoms with Gasteiger partial charge in [0.05, 0.1) is 24.8 Å². The number of imidazole rings is 1. The van der Waals surface area contributed by atoms with Gasteiger partial charge in [0.2, 0.25) is 0 Å². The van der Waals surface area contributed by atoms with Crippen molar-refractivity contribution >= 4 is 15.9 Å². The van der Waals surface area contributed by atoms with Gasteiger partial charge in [0.25, 0.3) is 0 Å². The van der Waals surface area contributed by atoms with Gasteiger partial charge in [-0.3, -0.25) is 0 Å². The van der Waals surface area contributed by atoms with E-state index in [0.717, 1.165) is 33.6 Å². The molecule has 0 saturated carbocycles. The molecular weight excluding hydrogens is 308 g/mol. The highest BCUT2D eigenvalue weighted by atomic mass is 79.9. The lowest BCUT2D eigenvalue weighted by molar-refractivity contribution is 0.254. The Kier molecular flexibility index (Phi) is 4.61. The minimum Gasteiger partial charge on any atom is -0.487 e. The standard InChI is InChI=1S/C14H17BrN2O2/c1-3-17-9-16-6-13(17)8-19-14-10(2)4-12(15)5-11(14)7-18/h4-6,9,18H,3,7-8H2,1-2H3. The van der Waals surface area contributed by atoms with Crippen LogP contribution in [0.4, 0.5) is 0 Å². The minimum absolute atomic E-state index is 0.0390. The van der Waals surface area contributed by atoms with Gasteiger partial charge in [-0.2, -0.15) is 0 Å². The van der Waals surface area contributed by atoms with Crippen LogP contribution in [0.25, 0.3) is 0 Å². The number of halogens is 1. The molecule has 1 aromatic carbocycles. The average molecular weight is 325 g/mol. The summed E-state index contributed by atoms with van der Waals surface area (Å²) < 4.78 is 8.84. The van der Waals surface area contributed by atoms with Crippen LogP contribution in [0.3, 0.4) is 0 Å². The van der Waals surface area contributed by atoms with Crippen LogP contribution in [-0.4, -0.2) is 14.7 Å². The van der Waals surface area contributed by atoms with Gasteiger partial charge in [0.1, 0.15) is 12.4 Å². The summed E-state index contributed by atoms with van der Waals surface area (Å²) in [5.41, 5.74) is 2.81. The number of ether oxygens (including phenoxy) is 1. The summed E-state index contributed by atoms with van der Waals surface area (Å²) in [6, 6.07) is 3.85. The highest BCUT2D eigenvalue weighted by Gasteiger charge is 2.10. The minimum atomic E-state index is -0.0390. The van der Waals surface area contributed by atoms with E-state index in [0.29, 0.717) is 6.61 Å². The number of aliphatic hydroxyl groups is 1. The fourth-order valence-electron chi connectivity index (χ4n) is 2.02. The first-order valence-electron chi connectivity index (χ1n) is 6.17. The van der Waals surface area contributed by atoms with E-state index in [4.69, 9.17) is 4.74 Å². The number of aliphatic hydroxyl groups excluding tert-OH is 1. The van der Waals surface area contributed by atoms with Gasteiger partial charge >= 0.3 is 0 Å². The van der Waals surface area contributed by atoms with Crippen molar-refractivity contribution in [2.24, 2.45) is 0 Å². The maximum Gasteiger partial charge on any atom is 0.130 e. The Morgan fingerprint density at radius 2 is 2.21 bits per heavy atom. The summed E-state index contributed by atoms with van der Waals surface area (Å²) in [5.74, 6) is 0.745. The number of aromatic nitrogens is 2. The van der Waals surface area contributed by atoms with Gasteiger partial charge in [0, 0.05) is 16.6 Å². The van der Waals surface area contributed by atoms with E-state index in [1.54, 1.807) is 12.5 Å². The van der Waals surface area contributed by atoms with Crippen molar-refractivity contribution < 1.29 is 9.84 Å². The first kappa shape index (κ1) is 14.1. The summed E-state index contributed by atoms with van der Waals surface area (Å²) in [4.78, 5) is 4.11. The fraction of sp³-hybridized carbons (Fsp3) is 0.357. The van der Waals surface area contributed by atoms with Crippen LogP contribution in [0.1, 0.15) is 23.7 Å². The lowest BCUT2D eigenvalue weighted by atomic mass is 10.1. The Balaban J connectivity index is 2.20. The molecule has 0 aliphatic rings. The molecule has 0 aliphatic heterocycles. The molecule has 0 saturated heterocycles. The quantitative estimate of drug-likeness (QED) is 0.919. The Hall–Kier alpha value is -1.33. The SMILES string of the molecule is CCn1cncc1COc1c(C)cc(Br)cc1CO. The number of aryl methyl sites for hydroxylation is 2. The molecule has 0 atom stereocenters. The zero-order chi connectivity index (χ0) is 13.8. The van der Waals surface area contributed by atoms with Crippen molar-refractivity contribution in [3.05, 3.63) is 46.0 Å². The molecule has 0 fully saturated rings. The third-order valence-corrected chi connectivity index (χ3v) is 3.45. The summed E-state index contributed by atoms with van der Waals surface area (Å²) in [7, 11) is 0. The molecule has 0 unspecified atom stereocenters. The van der Waals surface area contributed by atoms with E-state index in [1.165, 1.54) is 0 Å². The van der Waals surface area contributed by atoms with Crippen LogP contribution >= 0.6 is 15.9 Å². The maximum absolute atomic E-state index is 9.41. The van der Waals surface area contributed by atoms with Crippen molar-refractivity contribution in [1.29, 1.82) is 0 Å². The Bertz CT molecular complexity index is 567. The Labute approximate surface area is 121 Å². The third-order valence-electron chi connectivity index (χ3n) is 2.99. The molecule has 2 rings (SSSR count). The zero-order valence-corrected chi connectivity index (χ0v) is 12.6. The number of rotatable bonds is 5. The lowest BCUT2D eigenvalue weighted by Gasteiger charge is -2.14. The van der Waals surface area contributed by atoms with E-state index < -0.39 is 0 Å². The molecule has 1 heterocycles. The van der Waals surface area contributed by atoms with Crippen LogP contribution in [0.15, 0.2) is 29.1 Å². The Morgan fingerprint density at radius 1 is 1.42 bits per heavy atom. The molecule has 0 amide bonds. The first-order chi connectivity index (χ1) is 9.15.